The molecule has 0 radical (unpaired) electrons. The first-order valence-corrected chi connectivity index (χ1v) is 8.90. The Labute approximate surface area is 147 Å². The second-order valence-corrected chi connectivity index (χ2v) is 6.78. The number of benzene rings is 1. The number of para-hydroxylation sites is 1. The van der Waals surface area contributed by atoms with Gasteiger partial charge < -0.3 is 10.1 Å². The Kier molecular flexibility index (Phi) is 5.06. The maximum Gasteiger partial charge on any atom is 0.325 e. The lowest BCUT2D eigenvalue weighted by Gasteiger charge is -2.24. The predicted molar refractivity (Wildman–Crippen MR) is 92.6 cm³/mol. The lowest BCUT2D eigenvalue weighted by molar-refractivity contribution is -0.132. The van der Waals surface area contributed by atoms with E-state index < -0.39 is 5.54 Å². The topological polar surface area (TPSA) is 75.7 Å². The summed E-state index contributed by atoms with van der Waals surface area (Å²) in [5.41, 5.74) is -0.217. The van der Waals surface area contributed by atoms with Crippen LogP contribution in [0.1, 0.15) is 55.8 Å². The third-order valence-electron chi connectivity index (χ3n) is 5.04. The largest absolute Gasteiger partial charge is 0.491 e. The molecule has 1 heterocycles. The Bertz CT molecular complexity index is 678. The molecule has 2 fully saturated rings. The Morgan fingerprint density at radius 3 is 2.52 bits per heavy atom. The number of rotatable bonds is 5. The van der Waals surface area contributed by atoms with Gasteiger partial charge >= 0.3 is 6.03 Å². The van der Waals surface area contributed by atoms with Gasteiger partial charge in [0.2, 0.25) is 0 Å². The zero-order valence-electron chi connectivity index (χ0n) is 14.5. The van der Waals surface area contributed by atoms with E-state index in [9.17, 15) is 14.4 Å². The number of nitrogens with one attached hydrogen (secondary N) is 1. The van der Waals surface area contributed by atoms with Gasteiger partial charge in [0.1, 0.15) is 17.9 Å². The summed E-state index contributed by atoms with van der Waals surface area (Å²) >= 11 is 0. The standard InChI is InChI=1S/C19H24N2O4/c1-14(22)15-8-4-5-9-16(15)25-13-12-21-17(23)19(20-18(21)24)10-6-2-3-7-11-19/h4-5,8-9H,2-3,6-7,10-13H2,1H3,(H,20,24). The molecular weight excluding hydrogens is 320 g/mol. The van der Waals surface area contributed by atoms with Crippen LogP contribution in [0.2, 0.25) is 0 Å². The molecule has 3 amide bonds. The van der Waals surface area contributed by atoms with Crippen LogP contribution in [0.3, 0.4) is 0 Å². The van der Waals surface area contributed by atoms with Gasteiger partial charge in [-0.3, -0.25) is 14.5 Å². The van der Waals surface area contributed by atoms with Crippen LogP contribution in [0.25, 0.3) is 0 Å². The molecule has 1 aromatic carbocycles. The second-order valence-electron chi connectivity index (χ2n) is 6.78. The molecule has 1 spiro atoms. The van der Waals surface area contributed by atoms with Crippen LogP contribution in [0, 0.1) is 0 Å². The van der Waals surface area contributed by atoms with Gasteiger partial charge in [-0.2, -0.15) is 0 Å². The van der Waals surface area contributed by atoms with Crippen molar-refractivity contribution in [2.75, 3.05) is 13.2 Å². The summed E-state index contributed by atoms with van der Waals surface area (Å²) < 4.78 is 5.66. The van der Waals surface area contributed by atoms with Crippen molar-refractivity contribution in [3.05, 3.63) is 29.8 Å². The first-order chi connectivity index (χ1) is 12.0. The summed E-state index contributed by atoms with van der Waals surface area (Å²) in [6, 6.07) is 6.64. The number of carbonyl (C=O) groups is 3. The number of imide groups is 1. The highest BCUT2D eigenvalue weighted by atomic mass is 16.5. The van der Waals surface area contributed by atoms with E-state index in [0.29, 0.717) is 24.2 Å². The Hall–Kier alpha value is -2.37. The molecular formula is C19H24N2O4. The molecule has 1 saturated carbocycles. The number of ether oxygens (including phenoxy) is 1. The summed E-state index contributed by atoms with van der Waals surface area (Å²) in [5, 5.41) is 2.92. The van der Waals surface area contributed by atoms with Crippen molar-refractivity contribution in [1.29, 1.82) is 0 Å². The highest BCUT2D eigenvalue weighted by Gasteiger charge is 2.50. The predicted octanol–water partition coefficient (Wildman–Crippen LogP) is 2.91. The van der Waals surface area contributed by atoms with Gasteiger partial charge in [0.05, 0.1) is 12.1 Å². The third kappa shape index (κ3) is 3.52. The van der Waals surface area contributed by atoms with E-state index in [1.807, 2.05) is 0 Å². The lowest BCUT2D eigenvalue weighted by Crippen LogP contribution is -2.46. The maximum absolute atomic E-state index is 12.8. The molecule has 0 unspecified atom stereocenters. The van der Waals surface area contributed by atoms with Crippen LogP contribution < -0.4 is 10.1 Å². The van der Waals surface area contributed by atoms with Gasteiger partial charge in [0.15, 0.2) is 5.78 Å². The fraction of sp³-hybridized carbons (Fsp3) is 0.526. The Morgan fingerprint density at radius 2 is 1.84 bits per heavy atom. The fourth-order valence-electron chi connectivity index (χ4n) is 3.68. The maximum atomic E-state index is 12.8. The highest BCUT2D eigenvalue weighted by Crippen LogP contribution is 2.32. The van der Waals surface area contributed by atoms with E-state index in [2.05, 4.69) is 5.32 Å². The smallest absolute Gasteiger partial charge is 0.325 e. The highest BCUT2D eigenvalue weighted by molar-refractivity contribution is 6.07. The van der Waals surface area contributed by atoms with E-state index in [1.54, 1.807) is 24.3 Å². The van der Waals surface area contributed by atoms with E-state index in [1.165, 1.54) is 11.8 Å². The van der Waals surface area contributed by atoms with Crippen molar-refractivity contribution in [3.63, 3.8) is 0 Å². The molecule has 0 aromatic heterocycles. The second kappa shape index (κ2) is 7.25. The minimum Gasteiger partial charge on any atom is -0.491 e. The molecule has 1 saturated heterocycles. The first kappa shape index (κ1) is 17.5. The molecule has 134 valence electrons. The van der Waals surface area contributed by atoms with Crippen molar-refractivity contribution in [2.24, 2.45) is 0 Å². The SMILES string of the molecule is CC(=O)c1ccccc1OCCN1C(=O)NC2(CCCCCC2)C1=O. The summed E-state index contributed by atoms with van der Waals surface area (Å²) in [7, 11) is 0. The van der Waals surface area contributed by atoms with Crippen LogP contribution in [-0.4, -0.2) is 41.3 Å². The molecule has 2 aliphatic rings. The molecule has 1 aromatic rings. The Balaban J connectivity index is 1.63. The summed E-state index contributed by atoms with van der Waals surface area (Å²) in [5.74, 6) is 0.261. The lowest BCUT2D eigenvalue weighted by atomic mass is 9.90. The van der Waals surface area contributed by atoms with E-state index >= 15 is 0 Å². The summed E-state index contributed by atoms with van der Waals surface area (Å²) in [6.07, 6.45) is 5.56. The van der Waals surface area contributed by atoms with Crippen molar-refractivity contribution >= 4 is 17.7 Å². The normalized spacial score (nSPS) is 19.6. The minimum absolute atomic E-state index is 0.0806. The minimum atomic E-state index is -0.717. The number of nitrogens with zero attached hydrogens (tertiary/aromatic N) is 1. The fourth-order valence-corrected chi connectivity index (χ4v) is 3.68. The number of amides is 3. The molecule has 25 heavy (non-hydrogen) atoms. The van der Waals surface area contributed by atoms with Crippen LogP contribution in [0.4, 0.5) is 4.79 Å². The zero-order valence-corrected chi connectivity index (χ0v) is 14.5. The van der Waals surface area contributed by atoms with Gasteiger partial charge in [-0.25, -0.2) is 4.79 Å². The Morgan fingerprint density at radius 1 is 1.16 bits per heavy atom. The molecule has 0 atom stereocenters. The molecule has 1 aliphatic carbocycles. The number of Topliss-reactive ketones (excluding diaryl/α,β-unsaturated/α-hetero) is 1. The number of hydrogen-bond donors (Lipinski definition) is 1. The van der Waals surface area contributed by atoms with E-state index in [4.69, 9.17) is 4.74 Å². The van der Waals surface area contributed by atoms with Crippen LogP contribution in [0.5, 0.6) is 5.75 Å². The summed E-state index contributed by atoms with van der Waals surface area (Å²) in [6.45, 7) is 1.83. The third-order valence-corrected chi connectivity index (χ3v) is 5.04. The van der Waals surface area contributed by atoms with Crippen molar-refractivity contribution in [1.82, 2.24) is 10.2 Å². The number of ketones is 1. The zero-order chi connectivity index (χ0) is 17.9. The monoisotopic (exact) mass is 344 g/mol. The van der Waals surface area contributed by atoms with Crippen molar-refractivity contribution in [2.45, 2.75) is 51.0 Å². The number of hydrogen-bond acceptors (Lipinski definition) is 4. The molecule has 3 rings (SSSR count). The molecule has 6 heteroatoms. The molecule has 0 bridgehead atoms. The molecule has 1 aliphatic heterocycles. The molecule has 1 N–H and O–H groups in total. The van der Waals surface area contributed by atoms with Gasteiger partial charge in [0, 0.05) is 0 Å². The van der Waals surface area contributed by atoms with Crippen LogP contribution in [-0.2, 0) is 4.79 Å². The number of urea groups is 1. The quantitative estimate of drug-likeness (QED) is 0.658. The van der Waals surface area contributed by atoms with E-state index in [0.717, 1.165) is 25.7 Å². The summed E-state index contributed by atoms with van der Waals surface area (Å²) in [4.78, 5) is 37.9. The van der Waals surface area contributed by atoms with E-state index in [-0.39, 0.29) is 30.9 Å². The van der Waals surface area contributed by atoms with Crippen molar-refractivity contribution in [3.8, 4) is 5.75 Å². The van der Waals surface area contributed by atoms with Gasteiger partial charge in [0.25, 0.3) is 5.91 Å². The first-order valence-electron chi connectivity index (χ1n) is 8.90. The van der Waals surface area contributed by atoms with Gasteiger partial charge in [-0.1, -0.05) is 37.8 Å². The van der Waals surface area contributed by atoms with Crippen LogP contribution in [0.15, 0.2) is 24.3 Å². The molecule has 6 nitrogen and oxygen atoms in total. The van der Waals surface area contributed by atoms with Crippen LogP contribution >= 0.6 is 0 Å². The van der Waals surface area contributed by atoms with Gasteiger partial charge in [-0.15, -0.1) is 0 Å². The van der Waals surface area contributed by atoms with Crippen molar-refractivity contribution < 1.29 is 19.1 Å². The average molecular weight is 344 g/mol. The van der Waals surface area contributed by atoms with Gasteiger partial charge in [-0.05, 0) is 31.9 Å². The number of carbonyl (C=O) groups excluding carboxylic acids is 3. The average Bonchev–Trinajstić information content (AvgIpc) is 2.75.